The first-order valence-electron chi connectivity index (χ1n) is 8.48. The van der Waals surface area contributed by atoms with Crippen molar-refractivity contribution in [2.45, 2.75) is 11.7 Å². The molecule has 27 heavy (non-hydrogen) atoms. The van der Waals surface area contributed by atoms with Crippen LogP contribution in [0, 0.1) is 0 Å². The van der Waals surface area contributed by atoms with E-state index in [2.05, 4.69) is 4.98 Å². The minimum Gasteiger partial charge on any atom is -0.454 e. The van der Waals surface area contributed by atoms with Gasteiger partial charge in [0.25, 0.3) is 5.91 Å². The van der Waals surface area contributed by atoms with Gasteiger partial charge >= 0.3 is 0 Å². The van der Waals surface area contributed by atoms with Crippen molar-refractivity contribution in [3.05, 3.63) is 66.0 Å². The first-order chi connectivity index (χ1) is 13.2. The summed E-state index contributed by atoms with van der Waals surface area (Å²) in [6.45, 7) is 0.700. The minimum atomic E-state index is -0.0932. The third-order valence-electron chi connectivity index (χ3n) is 4.35. The van der Waals surface area contributed by atoms with E-state index >= 15 is 0 Å². The predicted molar refractivity (Wildman–Crippen MR) is 104 cm³/mol. The maximum atomic E-state index is 13.1. The normalized spacial score (nSPS) is 12.2. The van der Waals surface area contributed by atoms with E-state index in [4.69, 9.17) is 9.47 Å². The second kappa shape index (κ2) is 7.36. The lowest BCUT2D eigenvalue weighted by Gasteiger charge is -2.19. The molecule has 138 valence electrons. The number of hydrogen-bond donors (Lipinski definition) is 0. The number of amides is 1. The van der Waals surface area contributed by atoms with E-state index in [-0.39, 0.29) is 12.7 Å². The molecule has 0 radical (unpaired) electrons. The summed E-state index contributed by atoms with van der Waals surface area (Å²) in [5.74, 6) is 1.36. The number of para-hydroxylation sites is 1. The second-order valence-electron chi connectivity index (χ2n) is 6.15. The van der Waals surface area contributed by atoms with Crippen LogP contribution in [0.1, 0.15) is 16.1 Å². The van der Waals surface area contributed by atoms with Gasteiger partial charge in [-0.25, -0.2) is 4.98 Å². The Morgan fingerprint density at radius 2 is 1.96 bits per heavy atom. The first-order valence-corrected chi connectivity index (χ1v) is 9.71. The van der Waals surface area contributed by atoms with E-state index in [1.54, 1.807) is 18.1 Å². The van der Waals surface area contributed by atoms with Gasteiger partial charge in [-0.15, -0.1) is 0 Å². The first kappa shape index (κ1) is 17.5. The quantitative estimate of drug-likeness (QED) is 0.632. The van der Waals surface area contributed by atoms with Gasteiger partial charge in [0.05, 0.1) is 6.20 Å². The van der Waals surface area contributed by atoms with Crippen LogP contribution in [0.5, 0.6) is 11.5 Å². The number of hydrogen-bond acceptors (Lipinski definition) is 5. The van der Waals surface area contributed by atoms with E-state index in [1.165, 1.54) is 11.8 Å². The van der Waals surface area contributed by atoms with Crippen molar-refractivity contribution in [1.29, 1.82) is 0 Å². The molecule has 0 bridgehead atoms. The molecule has 0 spiro atoms. The van der Waals surface area contributed by atoms with Crippen LogP contribution in [0.2, 0.25) is 0 Å². The number of imidazole rings is 1. The van der Waals surface area contributed by atoms with Crippen LogP contribution in [-0.2, 0) is 6.54 Å². The highest BCUT2D eigenvalue weighted by atomic mass is 32.2. The average Bonchev–Trinajstić information content (AvgIpc) is 3.34. The van der Waals surface area contributed by atoms with Gasteiger partial charge in [0.15, 0.2) is 16.7 Å². The molecule has 6 nitrogen and oxygen atoms in total. The molecule has 1 aromatic heterocycles. The van der Waals surface area contributed by atoms with Gasteiger partial charge < -0.3 is 14.4 Å². The Labute approximate surface area is 161 Å². The van der Waals surface area contributed by atoms with Crippen LogP contribution >= 0.6 is 11.8 Å². The molecular formula is C20H19N3O3S. The zero-order valence-corrected chi connectivity index (χ0v) is 15.9. The molecule has 2 heterocycles. The number of ether oxygens (including phenoxy) is 2. The van der Waals surface area contributed by atoms with Crippen molar-refractivity contribution in [2.24, 2.45) is 0 Å². The van der Waals surface area contributed by atoms with Crippen LogP contribution < -0.4 is 9.47 Å². The van der Waals surface area contributed by atoms with E-state index in [0.29, 0.717) is 18.0 Å². The van der Waals surface area contributed by atoms with Gasteiger partial charge in [0, 0.05) is 19.3 Å². The monoisotopic (exact) mass is 381 g/mol. The van der Waals surface area contributed by atoms with Crippen molar-refractivity contribution < 1.29 is 14.3 Å². The third kappa shape index (κ3) is 3.38. The molecule has 4 rings (SSSR count). The van der Waals surface area contributed by atoms with Crippen LogP contribution in [-0.4, -0.2) is 40.5 Å². The number of fused-ring (bicyclic) bond motifs is 1. The topological polar surface area (TPSA) is 56.6 Å². The molecule has 1 aliphatic heterocycles. The number of rotatable bonds is 5. The van der Waals surface area contributed by atoms with Crippen LogP contribution in [0.25, 0.3) is 5.69 Å². The second-order valence-corrected chi connectivity index (χ2v) is 6.92. The highest BCUT2D eigenvalue weighted by molar-refractivity contribution is 7.98. The van der Waals surface area contributed by atoms with Crippen LogP contribution in [0.4, 0.5) is 0 Å². The molecule has 0 unspecified atom stereocenters. The Balaban J connectivity index is 1.60. The molecule has 3 aromatic rings. The Kier molecular flexibility index (Phi) is 4.77. The Bertz CT molecular complexity index is 972. The molecule has 0 atom stereocenters. The fourth-order valence-electron chi connectivity index (χ4n) is 3.04. The number of aromatic nitrogens is 2. The Hall–Kier alpha value is -2.93. The van der Waals surface area contributed by atoms with Crippen LogP contribution in [0.3, 0.4) is 0 Å². The zero-order valence-electron chi connectivity index (χ0n) is 15.1. The van der Waals surface area contributed by atoms with Gasteiger partial charge in [-0.3, -0.25) is 9.36 Å². The smallest absolute Gasteiger partial charge is 0.272 e. The van der Waals surface area contributed by atoms with Gasteiger partial charge in [0.1, 0.15) is 5.69 Å². The van der Waals surface area contributed by atoms with E-state index in [9.17, 15) is 4.79 Å². The molecule has 7 heteroatoms. The van der Waals surface area contributed by atoms with Gasteiger partial charge in [-0.2, -0.15) is 0 Å². The lowest BCUT2D eigenvalue weighted by Crippen LogP contribution is -2.28. The van der Waals surface area contributed by atoms with Gasteiger partial charge in [-0.05, 0) is 36.1 Å². The molecule has 2 aromatic carbocycles. The molecule has 1 aliphatic rings. The summed E-state index contributed by atoms with van der Waals surface area (Å²) in [7, 11) is 1.79. The SMILES string of the molecule is CSc1ncc(C(=O)N(C)Cc2ccc3c(c2)OCO3)n1-c1ccccc1. The van der Waals surface area contributed by atoms with E-state index < -0.39 is 0 Å². The minimum absolute atomic E-state index is 0.0932. The van der Waals surface area contributed by atoms with E-state index in [0.717, 1.165) is 22.2 Å². The Morgan fingerprint density at radius 1 is 1.19 bits per heavy atom. The van der Waals surface area contributed by atoms with Crippen molar-refractivity contribution in [1.82, 2.24) is 14.5 Å². The molecule has 0 saturated carbocycles. The standard InChI is InChI=1S/C20H19N3O3S/c1-22(12-14-8-9-17-18(10-14)26-13-25-17)19(24)16-11-21-20(27-2)23(16)15-6-4-3-5-7-15/h3-11H,12-13H2,1-2H3. The fourth-order valence-corrected chi connectivity index (χ4v) is 3.58. The van der Waals surface area contributed by atoms with Crippen molar-refractivity contribution in [2.75, 3.05) is 20.1 Å². The third-order valence-corrected chi connectivity index (χ3v) is 5.00. The summed E-state index contributed by atoms with van der Waals surface area (Å²) < 4.78 is 12.6. The summed E-state index contributed by atoms with van der Waals surface area (Å²) >= 11 is 1.51. The maximum Gasteiger partial charge on any atom is 0.272 e. The highest BCUT2D eigenvalue weighted by Crippen LogP contribution is 2.33. The number of thioether (sulfide) groups is 1. The fraction of sp³-hybridized carbons (Fsp3) is 0.200. The summed E-state index contributed by atoms with van der Waals surface area (Å²) in [5.41, 5.74) is 2.43. The highest BCUT2D eigenvalue weighted by Gasteiger charge is 2.21. The molecule has 0 fully saturated rings. The maximum absolute atomic E-state index is 13.1. The summed E-state index contributed by atoms with van der Waals surface area (Å²) in [5, 5.41) is 0.779. The molecule has 0 aliphatic carbocycles. The summed E-state index contributed by atoms with van der Waals surface area (Å²) in [6, 6.07) is 15.5. The lowest BCUT2D eigenvalue weighted by atomic mass is 10.2. The largest absolute Gasteiger partial charge is 0.454 e. The molecular weight excluding hydrogens is 362 g/mol. The lowest BCUT2D eigenvalue weighted by molar-refractivity contribution is 0.0776. The zero-order chi connectivity index (χ0) is 18.8. The molecule has 0 N–H and O–H groups in total. The summed E-state index contributed by atoms with van der Waals surface area (Å²) in [6.07, 6.45) is 3.59. The van der Waals surface area contributed by atoms with Gasteiger partial charge in [0.2, 0.25) is 6.79 Å². The molecule has 0 saturated heterocycles. The number of benzene rings is 2. The Morgan fingerprint density at radius 3 is 2.74 bits per heavy atom. The van der Waals surface area contributed by atoms with E-state index in [1.807, 2.05) is 59.4 Å². The van der Waals surface area contributed by atoms with Crippen molar-refractivity contribution in [3.8, 4) is 17.2 Å². The van der Waals surface area contributed by atoms with Crippen molar-refractivity contribution >= 4 is 17.7 Å². The number of nitrogens with zero attached hydrogens (tertiary/aromatic N) is 3. The number of carbonyl (C=O) groups is 1. The molecule has 1 amide bonds. The van der Waals surface area contributed by atoms with Crippen molar-refractivity contribution in [3.63, 3.8) is 0 Å². The van der Waals surface area contributed by atoms with Crippen LogP contribution in [0.15, 0.2) is 59.9 Å². The summed E-state index contributed by atoms with van der Waals surface area (Å²) in [4.78, 5) is 19.2. The average molecular weight is 381 g/mol. The number of carbonyl (C=O) groups excluding carboxylic acids is 1. The predicted octanol–water partition coefficient (Wildman–Crippen LogP) is 3.60. The van der Waals surface area contributed by atoms with Gasteiger partial charge in [-0.1, -0.05) is 36.0 Å².